The van der Waals surface area contributed by atoms with Crippen LogP contribution in [-0.4, -0.2) is 18.5 Å². The van der Waals surface area contributed by atoms with E-state index in [-0.39, 0.29) is 23.7 Å². The third-order valence-electron chi connectivity index (χ3n) is 4.11. The Morgan fingerprint density at radius 2 is 2.00 bits per heavy atom. The molecule has 4 heteroatoms. The minimum atomic E-state index is -0.357. The highest BCUT2D eigenvalue weighted by Crippen LogP contribution is 2.27. The first kappa shape index (κ1) is 15.0. The molecule has 1 aliphatic rings. The molecule has 2 atom stereocenters. The Kier molecular flexibility index (Phi) is 5.12. The van der Waals surface area contributed by atoms with Crippen LogP contribution in [0.4, 0.5) is 10.1 Å². The summed E-state index contributed by atoms with van der Waals surface area (Å²) in [5.41, 5.74) is 6.51. The molecule has 0 heterocycles. The first-order chi connectivity index (χ1) is 9.65. The molecule has 2 unspecified atom stereocenters. The Morgan fingerprint density at radius 3 is 2.70 bits per heavy atom. The van der Waals surface area contributed by atoms with Crippen LogP contribution in [0.25, 0.3) is 0 Å². The minimum absolute atomic E-state index is 0.0352. The van der Waals surface area contributed by atoms with E-state index in [0.29, 0.717) is 12.2 Å². The third-order valence-corrected chi connectivity index (χ3v) is 4.11. The molecule has 2 N–H and O–H groups in total. The lowest BCUT2D eigenvalue weighted by Gasteiger charge is -2.29. The number of halogens is 1. The molecular weight excluding hydrogens is 255 g/mol. The van der Waals surface area contributed by atoms with Crippen LogP contribution in [0, 0.1) is 11.7 Å². The highest BCUT2D eigenvalue weighted by molar-refractivity contribution is 5.95. The second-order valence-electron chi connectivity index (χ2n) is 5.44. The Labute approximate surface area is 120 Å². The fourth-order valence-electron chi connectivity index (χ4n) is 2.96. The molecule has 1 aromatic carbocycles. The van der Waals surface area contributed by atoms with Crippen LogP contribution >= 0.6 is 0 Å². The quantitative estimate of drug-likeness (QED) is 0.864. The van der Waals surface area contributed by atoms with Gasteiger partial charge in [-0.25, -0.2) is 4.39 Å². The molecule has 1 aromatic rings. The Bertz CT molecular complexity index is 464. The number of rotatable bonds is 3. The summed E-state index contributed by atoms with van der Waals surface area (Å²) in [5.74, 6) is -0.575. The van der Waals surface area contributed by atoms with Gasteiger partial charge in [-0.05, 0) is 31.9 Å². The number of nitrogens with two attached hydrogens (primary N) is 1. The Balaban J connectivity index is 2.22. The van der Waals surface area contributed by atoms with Gasteiger partial charge in [0.25, 0.3) is 0 Å². The fraction of sp³-hybridized carbons (Fsp3) is 0.562. The third kappa shape index (κ3) is 3.18. The van der Waals surface area contributed by atoms with Crippen molar-refractivity contribution < 1.29 is 9.18 Å². The van der Waals surface area contributed by atoms with E-state index in [0.717, 1.165) is 32.1 Å². The standard InChI is InChI=1S/C16H23FN2O/c1-2-19(15-11-7-6-9-13(15)17)16(20)12-8-4-3-5-10-14(12)18/h6-7,9,11-12,14H,2-5,8,10,18H2,1H3. The molecule has 0 aliphatic heterocycles. The number of nitrogens with zero attached hydrogens (tertiary/aromatic N) is 1. The summed E-state index contributed by atoms with van der Waals surface area (Å²) < 4.78 is 13.9. The van der Waals surface area contributed by atoms with Gasteiger partial charge in [0.05, 0.1) is 11.6 Å². The lowest BCUT2D eigenvalue weighted by atomic mass is 9.93. The second-order valence-corrected chi connectivity index (χ2v) is 5.44. The average Bonchev–Trinajstić information content (AvgIpc) is 2.66. The smallest absolute Gasteiger partial charge is 0.231 e. The van der Waals surface area contributed by atoms with Crippen LogP contribution < -0.4 is 10.6 Å². The van der Waals surface area contributed by atoms with Crippen LogP contribution in [0.15, 0.2) is 24.3 Å². The van der Waals surface area contributed by atoms with Crippen molar-refractivity contribution >= 4 is 11.6 Å². The number of anilines is 1. The molecule has 0 radical (unpaired) electrons. The first-order valence-corrected chi connectivity index (χ1v) is 7.46. The van der Waals surface area contributed by atoms with Crippen LogP contribution in [0.3, 0.4) is 0 Å². The minimum Gasteiger partial charge on any atom is -0.327 e. The number of benzene rings is 1. The van der Waals surface area contributed by atoms with Gasteiger partial charge < -0.3 is 10.6 Å². The van der Waals surface area contributed by atoms with E-state index in [9.17, 15) is 9.18 Å². The van der Waals surface area contributed by atoms with Crippen molar-refractivity contribution in [1.82, 2.24) is 0 Å². The molecule has 3 nitrogen and oxygen atoms in total. The highest BCUT2D eigenvalue weighted by Gasteiger charge is 2.31. The number of hydrogen-bond acceptors (Lipinski definition) is 2. The van der Waals surface area contributed by atoms with Gasteiger partial charge in [0.15, 0.2) is 0 Å². The molecule has 1 aliphatic carbocycles. The monoisotopic (exact) mass is 278 g/mol. The first-order valence-electron chi connectivity index (χ1n) is 7.46. The van der Waals surface area contributed by atoms with Gasteiger partial charge in [0, 0.05) is 12.6 Å². The van der Waals surface area contributed by atoms with Gasteiger partial charge in [-0.15, -0.1) is 0 Å². The van der Waals surface area contributed by atoms with Gasteiger partial charge in [0.2, 0.25) is 5.91 Å². The molecule has 20 heavy (non-hydrogen) atoms. The van der Waals surface area contributed by atoms with Crippen molar-refractivity contribution in [3.05, 3.63) is 30.1 Å². The van der Waals surface area contributed by atoms with Crippen molar-refractivity contribution in [1.29, 1.82) is 0 Å². The van der Waals surface area contributed by atoms with Gasteiger partial charge >= 0.3 is 0 Å². The maximum atomic E-state index is 13.9. The molecular formula is C16H23FN2O. The van der Waals surface area contributed by atoms with E-state index in [2.05, 4.69) is 0 Å². The van der Waals surface area contributed by atoms with Gasteiger partial charge in [-0.1, -0.05) is 31.4 Å². The zero-order valence-electron chi connectivity index (χ0n) is 12.0. The van der Waals surface area contributed by atoms with Crippen LogP contribution in [0.5, 0.6) is 0 Å². The molecule has 2 rings (SSSR count). The zero-order chi connectivity index (χ0) is 14.5. The lowest BCUT2D eigenvalue weighted by Crippen LogP contribution is -2.44. The molecule has 0 saturated heterocycles. The fourth-order valence-corrected chi connectivity index (χ4v) is 2.96. The van der Waals surface area contributed by atoms with Gasteiger partial charge in [-0.3, -0.25) is 4.79 Å². The molecule has 0 spiro atoms. The molecule has 0 aromatic heterocycles. The van der Waals surface area contributed by atoms with E-state index in [1.165, 1.54) is 11.0 Å². The molecule has 1 saturated carbocycles. The summed E-state index contributed by atoms with van der Waals surface area (Å²) in [5, 5.41) is 0. The molecule has 0 bridgehead atoms. The Morgan fingerprint density at radius 1 is 1.30 bits per heavy atom. The summed E-state index contributed by atoms with van der Waals surface area (Å²) in [6.07, 6.45) is 4.93. The van der Waals surface area contributed by atoms with Crippen molar-refractivity contribution in [2.45, 2.75) is 45.1 Å². The van der Waals surface area contributed by atoms with E-state index in [1.807, 2.05) is 6.92 Å². The number of hydrogen-bond donors (Lipinski definition) is 1. The van der Waals surface area contributed by atoms with E-state index in [1.54, 1.807) is 18.2 Å². The average molecular weight is 278 g/mol. The summed E-state index contributed by atoms with van der Waals surface area (Å²) in [7, 11) is 0. The number of para-hydroxylation sites is 1. The second kappa shape index (κ2) is 6.84. The van der Waals surface area contributed by atoms with E-state index < -0.39 is 0 Å². The van der Waals surface area contributed by atoms with Crippen molar-refractivity contribution in [3.63, 3.8) is 0 Å². The van der Waals surface area contributed by atoms with Crippen LogP contribution in [-0.2, 0) is 4.79 Å². The van der Waals surface area contributed by atoms with Crippen LogP contribution in [0.1, 0.15) is 39.0 Å². The maximum absolute atomic E-state index is 13.9. The van der Waals surface area contributed by atoms with Gasteiger partial charge in [0.1, 0.15) is 5.82 Å². The molecule has 1 fully saturated rings. The summed E-state index contributed by atoms with van der Waals surface area (Å²) in [4.78, 5) is 14.3. The van der Waals surface area contributed by atoms with Crippen molar-refractivity contribution in [2.75, 3.05) is 11.4 Å². The summed E-state index contributed by atoms with van der Waals surface area (Å²) in [6.45, 7) is 2.33. The normalized spacial score (nSPS) is 23.1. The number of carbonyl (C=O) groups excluding carboxylic acids is 1. The van der Waals surface area contributed by atoms with Crippen molar-refractivity contribution in [3.8, 4) is 0 Å². The highest BCUT2D eigenvalue weighted by atomic mass is 19.1. The maximum Gasteiger partial charge on any atom is 0.231 e. The van der Waals surface area contributed by atoms with E-state index in [4.69, 9.17) is 5.73 Å². The summed E-state index contributed by atoms with van der Waals surface area (Å²) in [6, 6.07) is 6.32. The summed E-state index contributed by atoms with van der Waals surface area (Å²) >= 11 is 0. The van der Waals surface area contributed by atoms with Gasteiger partial charge in [-0.2, -0.15) is 0 Å². The zero-order valence-corrected chi connectivity index (χ0v) is 12.0. The van der Waals surface area contributed by atoms with E-state index >= 15 is 0 Å². The Hall–Kier alpha value is -1.42. The predicted molar refractivity (Wildman–Crippen MR) is 79.0 cm³/mol. The predicted octanol–water partition coefficient (Wildman–Crippen LogP) is 3.09. The molecule has 110 valence electrons. The number of carbonyl (C=O) groups is 1. The SMILES string of the molecule is CCN(C(=O)C1CCCCCC1N)c1ccccc1F. The lowest BCUT2D eigenvalue weighted by molar-refractivity contribution is -0.123. The van der Waals surface area contributed by atoms with Crippen molar-refractivity contribution in [2.24, 2.45) is 11.7 Å². The topological polar surface area (TPSA) is 46.3 Å². The molecule has 1 amide bonds. The largest absolute Gasteiger partial charge is 0.327 e. The van der Waals surface area contributed by atoms with Crippen LogP contribution in [0.2, 0.25) is 0 Å². The number of amides is 1.